The van der Waals surface area contributed by atoms with E-state index in [0.29, 0.717) is 13.1 Å². The van der Waals surface area contributed by atoms with Crippen molar-refractivity contribution in [1.82, 2.24) is 10.2 Å². The highest BCUT2D eigenvalue weighted by Crippen LogP contribution is 2.45. The average molecular weight is 569 g/mol. The third-order valence-corrected chi connectivity index (χ3v) is 9.14. The Hall–Kier alpha value is -4.17. The van der Waals surface area contributed by atoms with Crippen LogP contribution < -0.4 is 5.32 Å². The fraction of sp³-hybridized carbons (Fsp3) is 0.382. The SMILES string of the molecule is CC(OCc1ccccc1)C(NC(=O)OCC1c2ccccc2-c2ccccc21)C(=O)N1CC2CCC(C1)C2C(=O)O. The molecule has 1 aliphatic heterocycles. The molecule has 3 aromatic carbocycles. The second-order valence-corrected chi connectivity index (χ2v) is 11.7. The third kappa shape index (κ3) is 5.51. The predicted octanol–water partition coefficient (Wildman–Crippen LogP) is 5.07. The number of ether oxygens (including phenoxy) is 2. The molecular weight excluding hydrogens is 532 g/mol. The highest BCUT2D eigenvalue weighted by Gasteiger charge is 2.48. The Balaban J connectivity index is 1.16. The molecule has 2 bridgehead atoms. The zero-order valence-electron chi connectivity index (χ0n) is 23.6. The van der Waals surface area contributed by atoms with E-state index < -0.39 is 30.1 Å². The fourth-order valence-electron chi connectivity index (χ4n) is 7.05. The van der Waals surface area contributed by atoms with Gasteiger partial charge in [-0.05, 0) is 59.4 Å². The molecule has 3 aliphatic rings. The quantitative estimate of drug-likeness (QED) is 0.374. The van der Waals surface area contributed by atoms with Crippen LogP contribution in [0.4, 0.5) is 4.79 Å². The van der Waals surface area contributed by atoms with E-state index in [4.69, 9.17) is 9.47 Å². The lowest BCUT2D eigenvalue weighted by Gasteiger charge is -2.38. The van der Waals surface area contributed by atoms with Gasteiger partial charge in [0, 0.05) is 19.0 Å². The summed E-state index contributed by atoms with van der Waals surface area (Å²) in [7, 11) is 0. The first-order valence-corrected chi connectivity index (χ1v) is 14.7. The molecule has 218 valence electrons. The summed E-state index contributed by atoms with van der Waals surface area (Å²) in [5.74, 6) is -1.75. The first-order valence-electron chi connectivity index (χ1n) is 14.7. The normalized spacial score (nSPS) is 22.1. The van der Waals surface area contributed by atoms with Crippen molar-refractivity contribution in [3.05, 3.63) is 95.6 Å². The molecule has 8 nitrogen and oxygen atoms in total. The summed E-state index contributed by atoms with van der Waals surface area (Å²) in [5, 5.41) is 12.5. The Morgan fingerprint density at radius 2 is 1.45 bits per heavy atom. The van der Waals surface area contributed by atoms with Gasteiger partial charge in [0.25, 0.3) is 0 Å². The van der Waals surface area contributed by atoms with Crippen LogP contribution in [-0.4, -0.2) is 59.8 Å². The molecule has 3 aromatic rings. The van der Waals surface area contributed by atoms with Crippen molar-refractivity contribution < 1.29 is 29.0 Å². The number of aliphatic carboxylic acids is 1. The second kappa shape index (κ2) is 12.0. The number of carboxylic acid groups (broad SMARTS) is 1. The fourth-order valence-corrected chi connectivity index (χ4v) is 7.05. The topological polar surface area (TPSA) is 105 Å². The molecule has 0 aromatic heterocycles. The monoisotopic (exact) mass is 568 g/mol. The number of piperidine rings is 1. The summed E-state index contributed by atoms with van der Waals surface area (Å²) in [6.45, 7) is 2.91. The van der Waals surface area contributed by atoms with E-state index in [1.807, 2.05) is 54.6 Å². The van der Waals surface area contributed by atoms with Crippen molar-refractivity contribution in [2.75, 3.05) is 19.7 Å². The summed E-state index contributed by atoms with van der Waals surface area (Å²) in [6, 6.07) is 24.9. The maximum atomic E-state index is 13.9. The van der Waals surface area contributed by atoms with Gasteiger partial charge in [-0.1, -0.05) is 78.9 Å². The molecule has 6 rings (SSSR count). The smallest absolute Gasteiger partial charge is 0.407 e. The van der Waals surface area contributed by atoms with Gasteiger partial charge in [-0.15, -0.1) is 0 Å². The molecule has 42 heavy (non-hydrogen) atoms. The molecule has 1 saturated carbocycles. The maximum absolute atomic E-state index is 13.9. The minimum absolute atomic E-state index is 0.0825. The predicted molar refractivity (Wildman–Crippen MR) is 157 cm³/mol. The van der Waals surface area contributed by atoms with Crippen LogP contribution in [-0.2, 0) is 25.7 Å². The first kappa shape index (κ1) is 28.0. The molecule has 0 spiro atoms. The van der Waals surface area contributed by atoms with Crippen molar-refractivity contribution in [2.24, 2.45) is 17.8 Å². The first-order chi connectivity index (χ1) is 20.4. The molecule has 2 fully saturated rings. The third-order valence-electron chi connectivity index (χ3n) is 9.14. The van der Waals surface area contributed by atoms with E-state index in [1.165, 1.54) is 0 Å². The Labute approximate surface area is 245 Å². The number of likely N-dealkylation sites (tertiary alicyclic amines) is 1. The Kier molecular flexibility index (Phi) is 7.98. The molecule has 1 saturated heterocycles. The average Bonchev–Trinajstić information content (AvgIpc) is 3.48. The molecule has 2 N–H and O–H groups in total. The van der Waals surface area contributed by atoms with Gasteiger partial charge in [-0.2, -0.15) is 0 Å². The Bertz CT molecular complexity index is 1400. The number of amides is 2. The molecule has 4 unspecified atom stereocenters. The van der Waals surface area contributed by atoms with Gasteiger partial charge in [0.2, 0.25) is 5.91 Å². The largest absolute Gasteiger partial charge is 0.481 e. The van der Waals surface area contributed by atoms with Gasteiger partial charge in [0.15, 0.2) is 0 Å². The van der Waals surface area contributed by atoms with Gasteiger partial charge in [0.05, 0.1) is 18.6 Å². The number of carbonyl (C=O) groups excluding carboxylic acids is 2. The van der Waals surface area contributed by atoms with Crippen LogP contribution in [0.5, 0.6) is 0 Å². The van der Waals surface area contributed by atoms with Crippen LogP contribution in [0.15, 0.2) is 78.9 Å². The lowest BCUT2D eigenvalue weighted by Crippen LogP contribution is -2.58. The van der Waals surface area contributed by atoms with Crippen LogP contribution in [0.25, 0.3) is 11.1 Å². The summed E-state index contributed by atoms with van der Waals surface area (Å²) in [4.78, 5) is 40.7. The number of nitrogens with zero attached hydrogens (tertiary/aromatic N) is 1. The van der Waals surface area contributed by atoms with Crippen molar-refractivity contribution in [2.45, 2.75) is 44.4 Å². The number of fused-ring (bicyclic) bond motifs is 5. The summed E-state index contributed by atoms with van der Waals surface area (Å²) in [6.07, 6.45) is 0.244. The summed E-state index contributed by atoms with van der Waals surface area (Å²) in [5.41, 5.74) is 5.44. The molecule has 2 aliphatic carbocycles. The second-order valence-electron chi connectivity index (χ2n) is 11.7. The number of hydrogen-bond acceptors (Lipinski definition) is 5. The Morgan fingerprint density at radius 1 is 0.881 bits per heavy atom. The van der Waals surface area contributed by atoms with Crippen LogP contribution in [0, 0.1) is 17.8 Å². The highest BCUT2D eigenvalue weighted by atomic mass is 16.5. The zero-order valence-corrected chi connectivity index (χ0v) is 23.6. The van der Waals surface area contributed by atoms with E-state index >= 15 is 0 Å². The van der Waals surface area contributed by atoms with E-state index in [-0.39, 0.29) is 36.9 Å². The van der Waals surface area contributed by atoms with Gasteiger partial charge in [-0.3, -0.25) is 9.59 Å². The number of nitrogens with one attached hydrogen (secondary N) is 1. The Morgan fingerprint density at radius 3 is 2.05 bits per heavy atom. The summed E-state index contributed by atoms with van der Waals surface area (Å²) >= 11 is 0. The number of carboxylic acids is 1. The van der Waals surface area contributed by atoms with Gasteiger partial charge >= 0.3 is 12.1 Å². The zero-order chi connectivity index (χ0) is 29.2. The lowest BCUT2D eigenvalue weighted by molar-refractivity contribution is -0.151. The van der Waals surface area contributed by atoms with E-state index in [9.17, 15) is 19.5 Å². The number of rotatable bonds is 9. The van der Waals surface area contributed by atoms with Gasteiger partial charge < -0.3 is 24.8 Å². The molecular formula is C34H36N2O6. The maximum Gasteiger partial charge on any atom is 0.407 e. The minimum Gasteiger partial charge on any atom is -0.481 e. The van der Waals surface area contributed by atoms with Crippen molar-refractivity contribution >= 4 is 18.0 Å². The van der Waals surface area contributed by atoms with E-state index in [0.717, 1.165) is 40.7 Å². The van der Waals surface area contributed by atoms with Crippen LogP contribution in [0.3, 0.4) is 0 Å². The van der Waals surface area contributed by atoms with Gasteiger partial charge in [-0.25, -0.2) is 4.79 Å². The van der Waals surface area contributed by atoms with Crippen molar-refractivity contribution in [1.29, 1.82) is 0 Å². The molecule has 2 amide bonds. The lowest BCUT2D eigenvalue weighted by atomic mass is 9.85. The number of hydrogen-bond donors (Lipinski definition) is 2. The van der Waals surface area contributed by atoms with Crippen LogP contribution in [0.2, 0.25) is 0 Å². The number of benzene rings is 3. The summed E-state index contributed by atoms with van der Waals surface area (Å²) < 4.78 is 11.9. The van der Waals surface area contributed by atoms with Crippen molar-refractivity contribution in [3.63, 3.8) is 0 Å². The molecule has 0 radical (unpaired) electrons. The molecule has 8 heteroatoms. The van der Waals surface area contributed by atoms with Gasteiger partial charge in [0.1, 0.15) is 12.6 Å². The number of alkyl carbamates (subject to hydrolysis) is 1. The van der Waals surface area contributed by atoms with E-state index in [2.05, 4.69) is 29.6 Å². The van der Waals surface area contributed by atoms with Crippen LogP contribution in [0.1, 0.15) is 42.4 Å². The van der Waals surface area contributed by atoms with Crippen molar-refractivity contribution in [3.8, 4) is 11.1 Å². The van der Waals surface area contributed by atoms with Crippen LogP contribution >= 0.6 is 0 Å². The number of carbonyl (C=O) groups is 3. The minimum atomic E-state index is -0.981. The van der Waals surface area contributed by atoms with E-state index in [1.54, 1.807) is 11.8 Å². The molecule has 1 heterocycles. The highest BCUT2D eigenvalue weighted by molar-refractivity contribution is 5.87. The standard InChI is InChI=1S/C34H36N2O6/c1-21(41-19-22-9-3-2-4-10-22)31(32(37)36-17-23-15-16-24(18-36)30(23)33(38)39)35-34(40)42-20-29-27-13-7-5-11-25(27)26-12-6-8-14-28(26)29/h2-14,21,23-24,29-31H,15-20H2,1H3,(H,35,40)(H,38,39). The molecule has 4 atom stereocenters.